The van der Waals surface area contributed by atoms with E-state index in [0.29, 0.717) is 21.3 Å². The van der Waals surface area contributed by atoms with Crippen LogP contribution in [0.3, 0.4) is 0 Å². The Labute approximate surface area is 164 Å². The number of thiazole rings is 1. The van der Waals surface area contributed by atoms with Gasteiger partial charge in [0.15, 0.2) is 4.47 Å². The van der Waals surface area contributed by atoms with Gasteiger partial charge in [-0.25, -0.2) is 9.78 Å². The molecule has 0 aliphatic heterocycles. The van der Waals surface area contributed by atoms with Crippen LogP contribution in [0.15, 0.2) is 34.7 Å². The van der Waals surface area contributed by atoms with Gasteiger partial charge >= 0.3 is 5.97 Å². The van der Waals surface area contributed by atoms with Crippen molar-refractivity contribution in [2.75, 3.05) is 0 Å². The maximum Gasteiger partial charge on any atom is 0.371 e. The Kier molecular flexibility index (Phi) is 4.88. The van der Waals surface area contributed by atoms with Crippen LogP contribution in [0.5, 0.6) is 0 Å². The Morgan fingerprint density at radius 3 is 2.74 bits per heavy atom. The Morgan fingerprint density at radius 2 is 2.04 bits per heavy atom. The van der Waals surface area contributed by atoms with Gasteiger partial charge in [0.1, 0.15) is 5.76 Å². The number of amides is 1. The number of carbonyl (C=O) groups excluding carboxylic acids is 1. The molecule has 8 heteroatoms. The number of hydrogen-bond acceptors (Lipinski definition) is 5. The van der Waals surface area contributed by atoms with Crippen molar-refractivity contribution in [1.29, 1.82) is 0 Å². The normalized spacial score (nSPS) is 14.7. The summed E-state index contributed by atoms with van der Waals surface area (Å²) in [4.78, 5) is 30.3. The summed E-state index contributed by atoms with van der Waals surface area (Å²) in [5.74, 6) is -0.889. The van der Waals surface area contributed by atoms with Crippen LogP contribution in [0.25, 0.3) is 10.2 Å². The highest BCUT2D eigenvalue weighted by Crippen LogP contribution is 2.30. The van der Waals surface area contributed by atoms with Crippen LogP contribution in [0.1, 0.15) is 52.4 Å². The van der Waals surface area contributed by atoms with Gasteiger partial charge in [0.2, 0.25) is 5.76 Å². The molecule has 0 bridgehead atoms. The van der Waals surface area contributed by atoms with Crippen molar-refractivity contribution in [1.82, 2.24) is 9.88 Å². The molecular weight excluding hydrogens is 388 g/mol. The Bertz CT molecular complexity index is 1010. The topological polar surface area (TPSA) is 83.6 Å². The molecule has 3 aromatic rings. The molecule has 2 heterocycles. The number of carboxylic acid groups (broad SMARTS) is 1. The molecule has 0 radical (unpaired) electrons. The highest BCUT2D eigenvalue weighted by molar-refractivity contribution is 7.22. The molecular formula is C19H17ClN2O4S. The highest BCUT2D eigenvalue weighted by Gasteiger charge is 2.29. The first kappa shape index (κ1) is 18.0. The van der Waals surface area contributed by atoms with Crippen LogP contribution in [0.2, 0.25) is 4.47 Å². The zero-order valence-electron chi connectivity index (χ0n) is 14.4. The van der Waals surface area contributed by atoms with Crippen LogP contribution >= 0.6 is 22.9 Å². The lowest BCUT2D eigenvalue weighted by atomic mass is 10.1. The van der Waals surface area contributed by atoms with Crippen LogP contribution in [-0.2, 0) is 6.54 Å². The minimum Gasteiger partial charge on any atom is -0.475 e. The molecule has 1 fully saturated rings. The van der Waals surface area contributed by atoms with E-state index in [4.69, 9.17) is 21.1 Å². The first-order valence-electron chi connectivity index (χ1n) is 8.70. The molecule has 0 atom stereocenters. The predicted molar refractivity (Wildman–Crippen MR) is 102 cm³/mol. The van der Waals surface area contributed by atoms with Crippen LogP contribution < -0.4 is 0 Å². The minimum absolute atomic E-state index is 0.110. The summed E-state index contributed by atoms with van der Waals surface area (Å²) in [5.41, 5.74) is 1.25. The van der Waals surface area contributed by atoms with E-state index in [0.717, 1.165) is 30.4 Å². The van der Waals surface area contributed by atoms with E-state index in [1.165, 1.54) is 17.4 Å². The fourth-order valence-corrected chi connectivity index (χ4v) is 4.54. The molecule has 6 nitrogen and oxygen atoms in total. The maximum absolute atomic E-state index is 13.2. The summed E-state index contributed by atoms with van der Waals surface area (Å²) in [5, 5.41) is 9.04. The Morgan fingerprint density at radius 1 is 1.26 bits per heavy atom. The number of rotatable bonds is 5. The number of benzene rings is 1. The third kappa shape index (κ3) is 3.70. The summed E-state index contributed by atoms with van der Waals surface area (Å²) < 4.78 is 6.75. The largest absolute Gasteiger partial charge is 0.475 e. The third-order valence-corrected chi connectivity index (χ3v) is 5.97. The van der Waals surface area contributed by atoms with Crippen molar-refractivity contribution >= 4 is 45.0 Å². The van der Waals surface area contributed by atoms with Crippen molar-refractivity contribution < 1.29 is 19.1 Å². The van der Waals surface area contributed by atoms with Crippen LogP contribution in [0.4, 0.5) is 0 Å². The number of carboxylic acids is 1. The van der Waals surface area contributed by atoms with Gasteiger partial charge in [-0.05, 0) is 43.2 Å². The van der Waals surface area contributed by atoms with E-state index in [1.54, 1.807) is 23.1 Å². The second kappa shape index (κ2) is 7.32. The predicted octanol–water partition coefficient (Wildman–Crippen LogP) is 4.83. The molecule has 1 aliphatic rings. The Balaban J connectivity index is 1.63. The fourth-order valence-electron chi connectivity index (χ4n) is 3.53. The number of furan rings is 1. The SMILES string of the molecule is O=C(O)c1ccc(CN(C(=O)c2ccc3sc(Cl)nc3c2)C2CCCC2)o1. The Hall–Kier alpha value is -2.38. The minimum atomic E-state index is -1.12. The zero-order valence-corrected chi connectivity index (χ0v) is 15.9. The number of aromatic carboxylic acids is 1. The summed E-state index contributed by atoms with van der Waals surface area (Å²) in [7, 11) is 0. The monoisotopic (exact) mass is 404 g/mol. The average molecular weight is 405 g/mol. The third-order valence-electron chi connectivity index (χ3n) is 4.83. The standard InChI is InChI=1S/C19H17ClN2O4S/c20-19-21-14-9-11(5-8-16(14)27-19)17(23)22(12-3-1-2-4-12)10-13-6-7-15(26-13)18(24)25/h5-9,12H,1-4,10H2,(H,24,25). The maximum atomic E-state index is 13.2. The lowest BCUT2D eigenvalue weighted by molar-refractivity contribution is 0.0634. The van der Waals surface area contributed by atoms with E-state index in [2.05, 4.69) is 4.98 Å². The summed E-state index contributed by atoms with van der Waals surface area (Å²) >= 11 is 7.34. The summed E-state index contributed by atoms with van der Waals surface area (Å²) in [6, 6.07) is 8.54. The van der Waals surface area contributed by atoms with Gasteiger partial charge in [0, 0.05) is 11.6 Å². The molecule has 140 valence electrons. The molecule has 1 aromatic carbocycles. The molecule has 2 aromatic heterocycles. The quantitative estimate of drug-likeness (QED) is 0.658. The van der Waals surface area contributed by atoms with E-state index in [1.807, 2.05) is 6.07 Å². The van der Waals surface area contributed by atoms with E-state index >= 15 is 0 Å². The van der Waals surface area contributed by atoms with Crippen LogP contribution in [-0.4, -0.2) is 32.9 Å². The van der Waals surface area contributed by atoms with Crippen molar-refractivity contribution in [3.05, 3.63) is 51.9 Å². The molecule has 0 spiro atoms. The molecule has 27 heavy (non-hydrogen) atoms. The number of fused-ring (bicyclic) bond motifs is 1. The first-order valence-corrected chi connectivity index (χ1v) is 9.90. The van der Waals surface area contributed by atoms with E-state index in [-0.39, 0.29) is 24.3 Å². The molecule has 1 N–H and O–H groups in total. The molecule has 4 rings (SSSR count). The zero-order chi connectivity index (χ0) is 19.0. The van der Waals surface area contributed by atoms with Gasteiger partial charge in [-0.1, -0.05) is 24.4 Å². The van der Waals surface area contributed by atoms with Gasteiger partial charge in [0.05, 0.1) is 16.8 Å². The second-order valence-corrected chi connectivity index (χ2v) is 8.20. The number of carbonyl (C=O) groups is 2. The summed E-state index contributed by atoms with van der Waals surface area (Å²) in [6.07, 6.45) is 4.02. The lowest BCUT2D eigenvalue weighted by Crippen LogP contribution is -2.38. The molecule has 1 amide bonds. The average Bonchev–Trinajstić information content (AvgIpc) is 3.37. The molecule has 1 saturated carbocycles. The van der Waals surface area contributed by atoms with Gasteiger partial charge < -0.3 is 14.4 Å². The first-order chi connectivity index (χ1) is 13.0. The van der Waals surface area contributed by atoms with Crippen molar-refractivity contribution in [2.45, 2.75) is 38.3 Å². The number of nitrogens with zero attached hydrogens (tertiary/aromatic N) is 2. The molecule has 1 aliphatic carbocycles. The van der Waals surface area contributed by atoms with Crippen molar-refractivity contribution in [3.8, 4) is 0 Å². The van der Waals surface area contributed by atoms with Crippen molar-refractivity contribution in [2.24, 2.45) is 0 Å². The van der Waals surface area contributed by atoms with Gasteiger partial charge in [-0.2, -0.15) is 0 Å². The number of hydrogen-bond donors (Lipinski definition) is 1. The van der Waals surface area contributed by atoms with Gasteiger partial charge in [-0.3, -0.25) is 4.79 Å². The molecule has 0 unspecified atom stereocenters. The van der Waals surface area contributed by atoms with Crippen LogP contribution in [0, 0.1) is 0 Å². The van der Waals surface area contributed by atoms with Crippen molar-refractivity contribution in [3.63, 3.8) is 0 Å². The second-order valence-electron chi connectivity index (χ2n) is 6.59. The van der Waals surface area contributed by atoms with E-state index < -0.39 is 5.97 Å². The fraction of sp³-hybridized carbons (Fsp3) is 0.316. The highest BCUT2D eigenvalue weighted by atomic mass is 35.5. The molecule has 0 saturated heterocycles. The number of halogens is 1. The summed E-state index contributed by atoms with van der Waals surface area (Å²) in [6.45, 7) is 0.243. The lowest BCUT2D eigenvalue weighted by Gasteiger charge is -2.28. The van der Waals surface area contributed by atoms with Gasteiger partial charge in [0.25, 0.3) is 5.91 Å². The van der Waals surface area contributed by atoms with E-state index in [9.17, 15) is 9.59 Å². The number of aromatic nitrogens is 1. The smallest absolute Gasteiger partial charge is 0.371 e. The van der Waals surface area contributed by atoms with Gasteiger partial charge in [-0.15, -0.1) is 11.3 Å².